The summed E-state index contributed by atoms with van der Waals surface area (Å²) in [6.07, 6.45) is -1.79. The van der Waals surface area contributed by atoms with Crippen molar-refractivity contribution in [3.63, 3.8) is 0 Å². The van der Waals surface area contributed by atoms with Gasteiger partial charge in [0.25, 0.3) is 0 Å². The van der Waals surface area contributed by atoms with E-state index in [9.17, 15) is 24.3 Å². The number of ether oxygens (including phenoxy) is 2. The van der Waals surface area contributed by atoms with Gasteiger partial charge in [0.2, 0.25) is 17.5 Å². The number of hydrogen-bond acceptors (Lipinski definition) is 7. The number of nitrogens with one attached hydrogen (secondary N) is 2. The van der Waals surface area contributed by atoms with Gasteiger partial charge in [0.05, 0.1) is 13.7 Å². The molecule has 0 aromatic carbocycles. The van der Waals surface area contributed by atoms with Crippen molar-refractivity contribution in [2.24, 2.45) is 0 Å². The quantitative estimate of drug-likeness (QED) is 0.393. The number of carbonyl (C=O) groups is 4. The topological polar surface area (TPSA) is 134 Å². The molecule has 0 aliphatic heterocycles. The largest absolute Gasteiger partial charge is 0.465 e. The van der Waals surface area contributed by atoms with E-state index in [1.165, 1.54) is 7.05 Å². The van der Waals surface area contributed by atoms with Crippen LogP contribution in [0.25, 0.3) is 0 Å². The van der Waals surface area contributed by atoms with Gasteiger partial charge in [0.15, 0.2) is 0 Å². The molecule has 0 saturated heterocycles. The lowest BCUT2D eigenvalue weighted by Gasteiger charge is -2.28. The molecule has 0 radical (unpaired) electrons. The van der Waals surface area contributed by atoms with Gasteiger partial charge in [0, 0.05) is 26.4 Å². The van der Waals surface area contributed by atoms with Crippen LogP contribution in [0.2, 0.25) is 0 Å². The van der Waals surface area contributed by atoms with E-state index in [4.69, 9.17) is 4.74 Å². The molecule has 0 aliphatic rings. The normalized spacial score (nSPS) is 13.2. The zero-order valence-corrected chi connectivity index (χ0v) is 16.2. The fourth-order valence-electron chi connectivity index (χ4n) is 1.89. The molecule has 0 heterocycles. The monoisotopic (exact) mass is 375 g/mol. The summed E-state index contributed by atoms with van der Waals surface area (Å²) in [5.41, 5.74) is -3.27. The van der Waals surface area contributed by atoms with Gasteiger partial charge in [-0.3, -0.25) is 14.9 Å². The first-order chi connectivity index (χ1) is 11.8. The predicted molar refractivity (Wildman–Crippen MR) is 91.9 cm³/mol. The minimum absolute atomic E-state index is 0.164. The molecule has 26 heavy (non-hydrogen) atoms. The summed E-state index contributed by atoms with van der Waals surface area (Å²) in [6.45, 7) is 6.86. The molecule has 3 N–H and O–H groups in total. The van der Waals surface area contributed by atoms with E-state index in [0.717, 1.165) is 12.0 Å². The van der Waals surface area contributed by atoms with Crippen LogP contribution < -0.4 is 10.6 Å². The number of esters is 1. The molecule has 3 amide bonds. The van der Waals surface area contributed by atoms with Gasteiger partial charge in [-0.15, -0.1) is 0 Å². The number of rotatable bonds is 8. The van der Waals surface area contributed by atoms with Gasteiger partial charge in [-0.25, -0.2) is 9.59 Å². The minimum atomic E-state index is -2.43. The molecule has 0 spiro atoms. The third kappa shape index (κ3) is 8.65. The van der Waals surface area contributed by atoms with Crippen molar-refractivity contribution in [3.8, 4) is 0 Å². The lowest BCUT2D eigenvalue weighted by atomic mass is 10.1. The number of amides is 3. The minimum Gasteiger partial charge on any atom is -0.465 e. The van der Waals surface area contributed by atoms with Crippen molar-refractivity contribution in [3.05, 3.63) is 0 Å². The number of aliphatic hydroxyl groups is 1. The van der Waals surface area contributed by atoms with Gasteiger partial charge in [0.1, 0.15) is 5.60 Å². The fraction of sp³-hybridized carbons (Fsp3) is 0.750. The van der Waals surface area contributed by atoms with Crippen LogP contribution in [-0.2, 0) is 23.9 Å². The third-order valence-corrected chi connectivity index (χ3v) is 3.11. The molecule has 0 aromatic heterocycles. The first kappa shape index (κ1) is 23.6. The van der Waals surface area contributed by atoms with Crippen molar-refractivity contribution >= 4 is 23.9 Å². The molecular weight excluding hydrogens is 346 g/mol. The Bertz CT molecular complexity index is 530. The molecule has 0 aliphatic carbocycles. The summed E-state index contributed by atoms with van der Waals surface area (Å²) in [6, 6.07) is 0. The standard InChI is InChI=1S/C16H29N3O7/c1-7-17-11(20)10-19(5)12(21)8-9-16(24,13(22)25-6)18-14(23)26-15(2,3)4/h24H,7-10H2,1-6H3,(H,17,20)(H,18,23)/t16-/m0/s1. The Kier molecular flexibility index (Phi) is 9.05. The second-order valence-corrected chi connectivity index (χ2v) is 6.68. The molecule has 10 nitrogen and oxygen atoms in total. The number of nitrogens with zero attached hydrogens (tertiary/aromatic N) is 1. The SMILES string of the molecule is CCNC(=O)CN(C)C(=O)CC[C@@](O)(NC(=O)OC(C)(C)C)C(=O)OC. The fourth-order valence-corrected chi connectivity index (χ4v) is 1.89. The van der Waals surface area contributed by atoms with Crippen LogP contribution in [0.3, 0.4) is 0 Å². The van der Waals surface area contributed by atoms with Crippen molar-refractivity contribution in [2.75, 3.05) is 27.2 Å². The second-order valence-electron chi connectivity index (χ2n) is 6.68. The molecular formula is C16H29N3O7. The Morgan fingerprint density at radius 3 is 2.19 bits per heavy atom. The number of methoxy groups -OCH3 is 1. The molecule has 0 saturated carbocycles. The highest BCUT2D eigenvalue weighted by Crippen LogP contribution is 2.15. The molecule has 0 bridgehead atoms. The predicted octanol–water partition coefficient (Wildman–Crippen LogP) is -0.253. The molecule has 0 unspecified atom stereocenters. The third-order valence-electron chi connectivity index (χ3n) is 3.11. The molecule has 0 fully saturated rings. The number of hydrogen-bond donors (Lipinski definition) is 3. The molecule has 10 heteroatoms. The van der Waals surface area contributed by atoms with Gasteiger partial charge in [-0.2, -0.15) is 0 Å². The van der Waals surface area contributed by atoms with Crippen LogP contribution in [0.1, 0.15) is 40.5 Å². The van der Waals surface area contributed by atoms with Gasteiger partial charge < -0.3 is 24.8 Å². The molecule has 0 aromatic rings. The zero-order valence-electron chi connectivity index (χ0n) is 16.2. The Labute approximate surface area is 153 Å². The average Bonchev–Trinajstić information content (AvgIpc) is 2.49. The van der Waals surface area contributed by atoms with Crippen LogP contribution in [0.15, 0.2) is 0 Å². The van der Waals surface area contributed by atoms with Crippen LogP contribution in [0.5, 0.6) is 0 Å². The van der Waals surface area contributed by atoms with E-state index in [2.05, 4.69) is 10.1 Å². The first-order valence-electron chi connectivity index (χ1n) is 8.17. The van der Waals surface area contributed by atoms with E-state index in [-0.39, 0.29) is 18.9 Å². The summed E-state index contributed by atoms with van der Waals surface area (Å²) >= 11 is 0. The highest BCUT2D eigenvalue weighted by molar-refractivity contribution is 5.87. The van der Waals surface area contributed by atoms with Crippen molar-refractivity contribution < 1.29 is 33.8 Å². The van der Waals surface area contributed by atoms with Gasteiger partial charge >= 0.3 is 12.1 Å². The van der Waals surface area contributed by atoms with Crippen LogP contribution >= 0.6 is 0 Å². The van der Waals surface area contributed by atoms with E-state index >= 15 is 0 Å². The maximum Gasteiger partial charge on any atom is 0.410 e. The van der Waals surface area contributed by atoms with Crippen LogP contribution in [0.4, 0.5) is 4.79 Å². The summed E-state index contributed by atoms with van der Waals surface area (Å²) in [5, 5.41) is 15.0. The molecule has 0 rings (SSSR count). The lowest BCUT2D eigenvalue weighted by Crippen LogP contribution is -2.56. The van der Waals surface area contributed by atoms with E-state index < -0.39 is 35.7 Å². The van der Waals surface area contributed by atoms with E-state index in [0.29, 0.717) is 6.54 Å². The number of carbonyl (C=O) groups excluding carboxylic acids is 4. The maximum absolute atomic E-state index is 12.1. The van der Waals surface area contributed by atoms with Gasteiger partial charge in [-0.1, -0.05) is 0 Å². The van der Waals surface area contributed by atoms with Gasteiger partial charge in [-0.05, 0) is 27.7 Å². The Balaban J connectivity index is 4.90. The Morgan fingerprint density at radius 1 is 1.15 bits per heavy atom. The summed E-state index contributed by atoms with van der Waals surface area (Å²) < 4.78 is 9.48. The maximum atomic E-state index is 12.1. The van der Waals surface area contributed by atoms with Crippen molar-refractivity contribution in [1.82, 2.24) is 15.5 Å². The summed E-state index contributed by atoms with van der Waals surface area (Å²) in [7, 11) is 2.45. The zero-order chi connectivity index (χ0) is 20.5. The Hall–Kier alpha value is -2.36. The number of likely N-dealkylation sites (N-methyl/N-ethyl adjacent to an activating group) is 2. The van der Waals surface area contributed by atoms with Crippen molar-refractivity contribution in [2.45, 2.75) is 51.9 Å². The second kappa shape index (κ2) is 9.95. The van der Waals surface area contributed by atoms with E-state index in [1.54, 1.807) is 27.7 Å². The summed E-state index contributed by atoms with van der Waals surface area (Å²) in [4.78, 5) is 48.4. The highest BCUT2D eigenvalue weighted by atomic mass is 16.6. The van der Waals surface area contributed by atoms with Crippen LogP contribution in [-0.4, -0.2) is 72.5 Å². The first-order valence-corrected chi connectivity index (χ1v) is 8.17. The van der Waals surface area contributed by atoms with Crippen LogP contribution in [0, 0.1) is 0 Å². The number of alkyl carbamates (subject to hydrolysis) is 1. The van der Waals surface area contributed by atoms with E-state index in [1.807, 2.05) is 5.32 Å². The highest BCUT2D eigenvalue weighted by Gasteiger charge is 2.40. The average molecular weight is 375 g/mol. The van der Waals surface area contributed by atoms with Crippen molar-refractivity contribution in [1.29, 1.82) is 0 Å². The molecule has 150 valence electrons. The summed E-state index contributed by atoms with van der Waals surface area (Å²) in [5.74, 6) is -1.97. The lowest BCUT2D eigenvalue weighted by molar-refractivity contribution is -0.167. The smallest absolute Gasteiger partial charge is 0.410 e. The molecule has 1 atom stereocenters. The Morgan fingerprint density at radius 2 is 1.73 bits per heavy atom.